The smallest absolute Gasteiger partial charge is 0.351 e. The minimum atomic E-state index is -4.41. The van der Waals surface area contributed by atoms with Crippen LogP contribution >= 0.6 is 0 Å². The van der Waals surface area contributed by atoms with Gasteiger partial charge < -0.3 is 10.2 Å². The summed E-state index contributed by atoms with van der Waals surface area (Å²) in [6, 6.07) is 15.9. The molecule has 0 aliphatic carbocycles. The second kappa shape index (κ2) is 11.0. The molecule has 196 valence electrons. The van der Waals surface area contributed by atoms with Gasteiger partial charge in [0.1, 0.15) is 23.0 Å². The molecule has 1 N–H and O–H groups in total. The van der Waals surface area contributed by atoms with E-state index in [0.29, 0.717) is 44.6 Å². The van der Waals surface area contributed by atoms with Gasteiger partial charge in [-0.3, -0.25) is 4.79 Å². The van der Waals surface area contributed by atoms with E-state index in [9.17, 15) is 31.1 Å². The highest BCUT2D eigenvalue weighted by molar-refractivity contribution is 5.94. The fraction of sp³-hybridized carbons (Fsp3) is 0.321. The molecule has 1 heterocycles. The number of nitrogens with zero attached hydrogens (tertiary/aromatic N) is 1. The summed E-state index contributed by atoms with van der Waals surface area (Å²) in [5.74, 6) is -4.65. The van der Waals surface area contributed by atoms with Gasteiger partial charge in [0.05, 0.1) is 5.56 Å². The Hall–Kier alpha value is -3.33. The largest absolute Gasteiger partial charge is 0.416 e. The topological polar surface area (TPSA) is 32.3 Å². The van der Waals surface area contributed by atoms with E-state index in [2.05, 4.69) is 10.2 Å². The fourth-order valence-electron chi connectivity index (χ4n) is 4.95. The molecular formula is C28H26F6N2O. The van der Waals surface area contributed by atoms with Gasteiger partial charge in [-0.05, 0) is 49.5 Å². The van der Waals surface area contributed by atoms with Gasteiger partial charge in [-0.15, -0.1) is 0 Å². The van der Waals surface area contributed by atoms with Crippen molar-refractivity contribution in [2.45, 2.75) is 30.9 Å². The van der Waals surface area contributed by atoms with Crippen molar-refractivity contribution in [1.82, 2.24) is 10.2 Å². The summed E-state index contributed by atoms with van der Waals surface area (Å²) in [6.07, 6.45) is -3.02. The first-order chi connectivity index (χ1) is 17.6. The Bertz CT molecular complexity index is 1210. The molecule has 3 nitrogen and oxygen atoms in total. The Balaban J connectivity index is 1.45. The average Bonchev–Trinajstić information content (AvgIpc) is 2.86. The summed E-state index contributed by atoms with van der Waals surface area (Å²) in [5, 5.41) is 2.62. The van der Waals surface area contributed by atoms with E-state index >= 15 is 0 Å². The Morgan fingerprint density at radius 2 is 1.49 bits per heavy atom. The first-order valence-electron chi connectivity index (χ1n) is 11.9. The van der Waals surface area contributed by atoms with Crippen LogP contribution in [0.3, 0.4) is 0 Å². The molecule has 1 saturated heterocycles. The second-order valence-corrected chi connectivity index (χ2v) is 9.32. The van der Waals surface area contributed by atoms with Crippen LogP contribution < -0.4 is 5.32 Å². The predicted octanol–water partition coefficient (Wildman–Crippen LogP) is 6.13. The van der Waals surface area contributed by atoms with Gasteiger partial charge in [0.25, 0.3) is 5.91 Å². The molecule has 0 saturated carbocycles. The Morgan fingerprint density at radius 1 is 0.892 bits per heavy atom. The van der Waals surface area contributed by atoms with Gasteiger partial charge in [0.2, 0.25) is 0 Å². The van der Waals surface area contributed by atoms with Crippen LogP contribution in [0.1, 0.15) is 39.9 Å². The molecule has 3 aromatic carbocycles. The molecule has 1 aliphatic heterocycles. The number of hydrogen-bond acceptors (Lipinski definition) is 2. The molecule has 37 heavy (non-hydrogen) atoms. The van der Waals surface area contributed by atoms with Crippen LogP contribution in [0.5, 0.6) is 0 Å². The van der Waals surface area contributed by atoms with Gasteiger partial charge in [-0.2, -0.15) is 13.2 Å². The summed E-state index contributed by atoms with van der Waals surface area (Å²) in [4.78, 5) is 14.7. The third-order valence-electron chi connectivity index (χ3n) is 7.04. The normalized spacial score (nSPS) is 15.9. The van der Waals surface area contributed by atoms with Crippen molar-refractivity contribution in [2.24, 2.45) is 0 Å². The summed E-state index contributed by atoms with van der Waals surface area (Å²) in [5.41, 5.74) is -0.827. The fourth-order valence-corrected chi connectivity index (χ4v) is 4.95. The molecule has 1 aliphatic rings. The highest BCUT2D eigenvalue weighted by Crippen LogP contribution is 2.36. The van der Waals surface area contributed by atoms with Crippen molar-refractivity contribution >= 4 is 5.91 Å². The Labute approximate surface area is 211 Å². The van der Waals surface area contributed by atoms with E-state index in [4.69, 9.17) is 0 Å². The number of rotatable bonds is 7. The molecule has 0 bridgehead atoms. The van der Waals surface area contributed by atoms with Crippen molar-refractivity contribution in [3.8, 4) is 0 Å². The van der Waals surface area contributed by atoms with Crippen LogP contribution in [0, 0.1) is 17.5 Å². The lowest BCUT2D eigenvalue weighted by atomic mass is 9.72. The number of carbonyl (C=O) groups is 1. The van der Waals surface area contributed by atoms with E-state index in [0.717, 1.165) is 11.6 Å². The lowest BCUT2D eigenvalue weighted by Crippen LogP contribution is -2.49. The zero-order chi connectivity index (χ0) is 26.6. The molecule has 1 amide bonds. The number of amides is 1. The molecular weight excluding hydrogens is 494 g/mol. The van der Waals surface area contributed by atoms with Crippen LogP contribution in [0.25, 0.3) is 0 Å². The van der Waals surface area contributed by atoms with Crippen LogP contribution in [-0.4, -0.2) is 37.0 Å². The minimum absolute atomic E-state index is 0.0941. The maximum absolute atomic E-state index is 14.1. The van der Waals surface area contributed by atoms with Gasteiger partial charge in [-0.1, -0.05) is 48.5 Å². The van der Waals surface area contributed by atoms with Gasteiger partial charge in [0, 0.05) is 30.6 Å². The Morgan fingerprint density at radius 3 is 2.11 bits per heavy atom. The minimum Gasteiger partial charge on any atom is -0.351 e. The third-order valence-corrected chi connectivity index (χ3v) is 7.04. The summed E-state index contributed by atoms with van der Waals surface area (Å²) >= 11 is 0. The number of piperidine rings is 1. The number of alkyl halides is 3. The van der Waals surface area contributed by atoms with E-state index < -0.39 is 46.1 Å². The van der Waals surface area contributed by atoms with Crippen molar-refractivity contribution in [2.75, 3.05) is 26.2 Å². The summed E-state index contributed by atoms with van der Waals surface area (Å²) < 4.78 is 81.5. The van der Waals surface area contributed by atoms with E-state index in [1.165, 1.54) is 12.1 Å². The highest BCUT2D eigenvalue weighted by atomic mass is 19.4. The zero-order valence-electron chi connectivity index (χ0n) is 19.9. The van der Waals surface area contributed by atoms with E-state index in [1.807, 2.05) is 30.3 Å². The monoisotopic (exact) mass is 520 g/mol. The molecule has 0 spiro atoms. The van der Waals surface area contributed by atoms with Crippen LogP contribution in [0.2, 0.25) is 0 Å². The predicted molar refractivity (Wildman–Crippen MR) is 128 cm³/mol. The first kappa shape index (κ1) is 26.7. The van der Waals surface area contributed by atoms with Crippen molar-refractivity contribution in [3.05, 3.63) is 106 Å². The maximum atomic E-state index is 14.1. The Kier molecular flexibility index (Phi) is 7.92. The second-order valence-electron chi connectivity index (χ2n) is 9.32. The van der Waals surface area contributed by atoms with Crippen LogP contribution in [0.15, 0.2) is 66.7 Å². The lowest BCUT2D eigenvalue weighted by molar-refractivity contribution is -0.138. The number of halogens is 6. The molecule has 1 fully saturated rings. The number of nitrogens with one attached hydrogen (secondary N) is 1. The quantitative estimate of drug-likeness (QED) is 0.380. The molecule has 0 atom stereocenters. The van der Waals surface area contributed by atoms with Crippen molar-refractivity contribution in [1.29, 1.82) is 0 Å². The van der Waals surface area contributed by atoms with Crippen molar-refractivity contribution < 1.29 is 31.1 Å². The first-order valence-corrected chi connectivity index (χ1v) is 11.9. The molecule has 0 radical (unpaired) electrons. The molecule has 0 aromatic heterocycles. The molecule has 4 rings (SSSR count). The number of benzene rings is 3. The van der Waals surface area contributed by atoms with Gasteiger partial charge >= 0.3 is 6.18 Å². The van der Waals surface area contributed by atoms with Gasteiger partial charge in [-0.25, -0.2) is 13.2 Å². The van der Waals surface area contributed by atoms with E-state index in [1.54, 1.807) is 6.07 Å². The maximum Gasteiger partial charge on any atom is 0.416 e. The SMILES string of the molecule is O=C(NCC1(c2ccccc2)CCN(CCc2ccccc2C(F)(F)F)CC1)c1c(F)cc(F)cc1F. The number of hydrogen-bond donors (Lipinski definition) is 1. The summed E-state index contributed by atoms with van der Waals surface area (Å²) in [7, 11) is 0. The zero-order valence-corrected chi connectivity index (χ0v) is 19.9. The summed E-state index contributed by atoms with van der Waals surface area (Å²) in [6.45, 7) is 1.67. The van der Waals surface area contributed by atoms with Crippen LogP contribution in [-0.2, 0) is 18.0 Å². The number of likely N-dealkylation sites (tertiary alicyclic amines) is 1. The van der Waals surface area contributed by atoms with E-state index in [-0.39, 0.29) is 18.5 Å². The number of carbonyl (C=O) groups excluding carboxylic acids is 1. The van der Waals surface area contributed by atoms with Crippen molar-refractivity contribution in [3.63, 3.8) is 0 Å². The van der Waals surface area contributed by atoms with Gasteiger partial charge in [0.15, 0.2) is 0 Å². The standard InChI is InChI=1S/C28H26F6N2O/c29-21-16-23(30)25(24(31)17-21)26(37)35-18-27(20-7-2-1-3-8-20)11-14-36(15-12-27)13-10-19-6-4-5-9-22(19)28(32,33)34/h1-9,16-17H,10-15,18H2,(H,35,37). The third kappa shape index (κ3) is 6.15. The molecule has 9 heteroatoms. The molecule has 3 aromatic rings. The molecule has 0 unspecified atom stereocenters. The highest BCUT2D eigenvalue weighted by Gasteiger charge is 2.37. The lowest BCUT2D eigenvalue weighted by Gasteiger charge is -2.42. The van der Waals surface area contributed by atoms with Crippen LogP contribution in [0.4, 0.5) is 26.3 Å². The average molecular weight is 521 g/mol.